The van der Waals surface area contributed by atoms with Gasteiger partial charge in [0.1, 0.15) is 10.6 Å². The van der Waals surface area contributed by atoms with E-state index in [2.05, 4.69) is 15.9 Å². The smallest absolute Gasteiger partial charge is 0.247 e. The van der Waals surface area contributed by atoms with Crippen LogP contribution in [0.2, 0.25) is 0 Å². The fourth-order valence-corrected chi connectivity index (χ4v) is 6.10. The van der Waals surface area contributed by atoms with Crippen LogP contribution in [0, 0.1) is 0 Å². The van der Waals surface area contributed by atoms with Gasteiger partial charge >= 0.3 is 0 Å². The molecule has 0 saturated carbocycles. The minimum atomic E-state index is -3.72. The third kappa shape index (κ3) is 3.60. The molecule has 1 fully saturated rings. The summed E-state index contributed by atoms with van der Waals surface area (Å²) in [5, 5.41) is 0. The molecule has 28 heavy (non-hydrogen) atoms. The number of rotatable bonds is 4. The van der Waals surface area contributed by atoms with E-state index in [-0.39, 0.29) is 10.9 Å². The van der Waals surface area contributed by atoms with Gasteiger partial charge in [0.25, 0.3) is 0 Å². The molecule has 0 amide bonds. The van der Waals surface area contributed by atoms with Crippen molar-refractivity contribution >= 4 is 26.0 Å². The number of ether oxygens (including phenoxy) is 3. The second kappa shape index (κ2) is 7.93. The predicted molar refractivity (Wildman–Crippen MR) is 109 cm³/mol. The van der Waals surface area contributed by atoms with Crippen LogP contribution in [0.5, 0.6) is 17.2 Å². The fraction of sp³-hybridized carbons (Fsp3) is 0.400. The molecular formula is C20H22BrNO5S. The van der Waals surface area contributed by atoms with Gasteiger partial charge in [0, 0.05) is 17.4 Å². The van der Waals surface area contributed by atoms with E-state index in [0.717, 1.165) is 24.8 Å². The molecule has 2 aliphatic heterocycles. The van der Waals surface area contributed by atoms with Gasteiger partial charge in [-0.15, -0.1) is 0 Å². The molecule has 0 bridgehead atoms. The highest BCUT2D eigenvalue weighted by molar-refractivity contribution is 9.10. The van der Waals surface area contributed by atoms with Gasteiger partial charge < -0.3 is 14.2 Å². The molecule has 0 aromatic heterocycles. The summed E-state index contributed by atoms with van der Waals surface area (Å²) in [6.45, 7) is 1.69. The molecular weight excluding hydrogens is 446 g/mol. The van der Waals surface area contributed by atoms with Crippen LogP contribution in [-0.2, 0) is 10.0 Å². The summed E-state index contributed by atoms with van der Waals surface area (Å²) in [7, 11) is -2.24. The average Bonchev–Trinajstić information content (AvgIpc) is 3.08. The van der Waals surface area contributed by atoms with Crippen LogP contribution < -0.4 is 14.2 Å². The lowest BCUT2D eigenvalue weighted by atomic mass is 10.0. The zero-order chi connectivity index (χ0) is 19.7. The molecule has 1 unspecified atom stereocenters. The highest BCUT2D eigenvalue weighted by atomic mass is 79.9. The van der Waals surface area contributed by atoms with Gasteiger partial charge in [0.15, 0.2) is 11.5 Å². The first-order valence-corrected chi connectivity index (χ1v) is 11.5. The molecule has 0 aliphatic carbocycles. The van der Waals surface area contributed by atoms with E-state index in [0.29, 0.717) is 41.5 Å². The van der Waals surface area contributed by atoms with Crippen LogP contribution in [0.25, 0.3) is 0 Å². The standard InChI is InChI=1S/C20H22BrNO5S/c1-25-18-8-6-15(21)13-20(18)28(23,24)22-9-2-4-16(22)14-5-7-17-19(12-14)27-11-3-10-26-17/h5-8,12-13,16H,2-4,9-11H2,1H3. The van der Waals surface area contributed by atoms with Crippen LogP contribution in [0.1, 0.15) is 30.9 Å². The average molecular weight is 468 g/mol. The Hall–Kier alpha value is -1.77. The molecule has 150 valence electrons. The summed E-state index contributed by atoms with van der Waals surface area (Å²) in [4.78, 5) is 0.172. The van der Waals surface area contributed by atoms with Crippen molar-refractivity contribution in [2.24, 2.45) is 0 Å². The third-order valence-electron chi connectivity index (χ3n) is 5.07. The molecule has 6 nitrogen and oxygen atoms in total. The first kappa shape index (κ1) is 19.5. The predicted octanol–water partition coefficient (Wildman–Crippen LogP) is 4.14. The number of hydrogen-bond donors (Lipinski definition) is 0. The number of halogens is 1. The van der Waals surface area contributed by atoms with Gasteiger partial charge in [-0.25, -0.2) is 8.42 Å². The maximum absolute atomic E-state index is 13.5. The summed E-state index contributed by atoms with van der Waals surface area (Å²) < 4.78 is 46.0. The van der Waals surface area contributed by atoms with E-state index < -0.39 is 10.0 Å². The molecule has 4 rings (SSSR count). The largest absolute Gasteiger partial charge is 0.495 e. The summed E-state index contributed by atoms with van der Waals surface area (Å²) in [5.41, 5.74) is 0.916. The number of methoxy groups -OCH3 is 1. The lowest BCUT2D eigenvalue weighted by molar-refractivity contribution is 0.296. The van der Waals surface area contributed by atoms with Gasteiger partial charge in [0.05, 0.1) is 26.4 Å². The van der Waals surface area contributed by atoms with Crippen LogP contribution >= 0.6 is 15.9 Å². The molecule has 0 radical (unpaired) electrons. The van der Waals surface area contributed by atoms with Crippen molar-refractivity contribution in [3.05, 3.63) is 46.4 Å². The Morgan fingerprint density at radius 1 is 1.07 bits per heavy atom. The molecule has 1 saturated heterocycles. The maximum Gasteiger partial charge on any atom is 0.247 e. The van der Waals surface area contributed by atoms with E-state index in [9.17, 15) is 8.42 Å². The van der Waals surface area contributed by atoms with E-state index in [1.54, 1.807) is 22.5 Å². The highest BCUT2D eigenvalue weighted by Crippen LogP contribution is 2.42. The quantitative estimate of drug-likeness (QED) is 0.675. The first-order chi connectivity index (χ1) is 13.5. The van der Waals surface area contributed by atoms with Crippen LogP contribution in [0.4, 0.5) is 0 Å². The summed E-state index contributed by atoms with van der Waals surface area (Å²) >= 11 is 3.37. The fourth-order valence-electron chi connectivity index (χ4n) is 3.73. The number of sulfonamides is 1. The van der Waals surface area contributed by atoms with Crippen LogP contribution in [0.3, 0.4) is 0 Å². The van der Waals surface area contributed by atoms with E-state index in [1.165, 1.54) is 7.11 Å². The van der Waals surface area contributed by atoms with Crippen LogP contribution in [-0.4, -0.2) is 39.6 Å². The number of fused-ring (bicyclic) bond motifs is 1. The Balaban J connectivity index is 1.71. The Bertz CT molecular complexity index is 979. The lowest BCUT2D eigenvalue weighted by Gasteiger charge is -2.26. The molecule has 0 N–H and O–H groups in total. The van der Waals surface area contributed by atoms with Crippen molar-refractivity contribution in [2.45, 2.75) is 30.2 Å². The molecule has 8 heteroatoms. The Labute approximate surface area is 173 Å². The van der Waals surface area contributed by atoms with Crippen molar-refractivity contribution in [1.29, 1.82) is 0 Å². The van der Waals surface area contributed by atoms with E-state index >= 15 is 0 Å². The molecule has 2 aromatic rings. The van der Waals surface area contributed by atoms with E-state index in [4.69, 9.17) is 14.2 Å². The second-order valence-electron chi connectivity index (χ2n) is 6.83. The zero-order valence-electron chi connectivity index (χ0n) is 15.6. The topological polar surface area (TPSA) is 65.1 Å². The molecule has 2 aromatic carbocycles. The third-order valence-corrected chi connectivity index (χ3v) is 7.49. The highest BCUT2D eigenvalue weighted by Gasteiger charge is 2.38. The Morgan fingerprint density at radius 3 is 2.64 bits per heavy atom. The number of hydrogen-bond acceptors (Lipinski definition) is 5. The summed E-state index contributed by atoms with van der Waals surface area (Å²) in [6.07, 6.45) is 2.39. The lowest BCUT2D eigenvalue weighted by Crippen LogP contribution is -2.31. The summed E-state index contributed by atoms with van der Waals surface area (Å²) in [6, 6.07) is 10.5. The minimum absolute atomic E-state index is 0.172. The van der Waals surface area contributed by atoms with Crippen molar-refractivity contribution in [3.63, 3.8) is 0 Å². The number of nitrogens with zero attached hydrogens (tertiary/aromatic N) is 1. The van der Waals surface area contributed by atoms with Crippen molar-refractivity contribution < 1.29 is 22.6 Å². The Morgan fingerprint density at radius 2 is 1.86 bits per heavy atom. The second-order valence-corrected chi connectivity index (χ2v) is 9.60. The minimum Gasteiger partial charge on any atom is -0.495 e. The van der Waals surface area contributed by atoms with Crippen molar-refractivity contribution in [3.8, 4) is 17.2 Å². The van der Waals surface area contributed by atoms with Gasteiger partial charge in [0.2, 0.25) is 10.0 Å². The molecule has 2 heterocycles. The maximum atomic E-state index is 13.5. The first-order valence-electron chi connectivity index (χ1n) is 9.25. The van der Waals surface area contributed by atoms with E-state index in [1.807, 2.05) is 18.2 Å². The molecule has 2 aliphatic rings. The normalized spacial score (nSPS) is 20.0. The summed E-state index contributed by atoms with van der Waals surface area (Å²) in [5.74, 6) is 1.73. The molecule has 0 spiro atoms. The zero-order valence-corrected chi connectivity index (χ0v) is 18.0. The van der Waals surface area contributed by atoms with Crippen molar-refractivity contribution in [1.82, 2.24) is 4.31 Å². The van der Waals surface area contributed by atoms with Gasteiger partial charge in [-0.1, -0.05) is 22.0 Å². The number of benzene rings is 2. The van der Waals surface area contributed by atoms with Crippen LogP contribution in [0.15, 0.2) is 45.8 Å². The Kier molecular flexibility index (Phi) is 5.53. The van der Waals surface area contributed by atoms with Gasteiger partial charge in [-0.3, -0.25) is 0 Å². The monoisotopic (exact) mass is 467 g/mol. The SMILES string of the molecule is COc1ccc(Br)cc1S(=O)(=O)N1CCCC1c1ccc2c(c1)OCCCO2. The molecule has 1 atom stereocenters. The van der Waals surface area contributed by atoms with Crippen molar-refractivity contribution in [2.75, 3.05) is 26.9 Å². The van der Waals surface area contributed by atoms with Gasteiger partial charge in [-0.05, 0) is 48.7 Å². The van der Waals surface area contributed by atoms with Gasteiger partial charge in [-0.2, -0.15) is 4.31 Å².